The van der Waals surface area contributed by atoms with E-state index in [2.05, 4.69) is 20.3 Å². The minimum absolute atomic E-state index is 0.0129. The minimum atomic E-state index is -3.72. The van der Waals surface area contributed by atoms with Crippen LogP contribution in [0.2, 0.25) is 0 Å². The van der Waals surface area contributed by atoms with Crippen LogP contribution in [0, 0.1) is 5.82 Å². The number of guanidine groups is 1. The Morgan fingerprint density at radius 3 is 2.48 bits per heavy atom. The molecule has 0 spiro atoms. The molecule has 29 heavy (non-hydrogen) atoms. The number of hydrogen-bond donors (Lipinski definition) is 3. The van der Waals surface area contributed by atoms with E-state index in [1.165, 1.54) is 18.2 Å². The minimum Gasteiger partial charge on any atom is -0.380 e. The van der Waals surface area contributed by atoms with E-state index in [1.807, 2.05) is 13.0 Å². The summed E-state index contributed by atoms with van der Waals surface area (Å²) in [6.45, 7) is 4.19. The molecule has 0 unspecified atom stereocenters. The first-order valence-electron chi connectivity index (χ1n) is 9.30. The first-order valence-corrected chi connectivity index (χ1v) is 10.8. The quantitative estimate of drug-likeness (QED) is 0.310. The fraction of sp³-hybridized carbons (Fsp3) is 0.350. The van der Waals surface area contributed by atoms with Crippen LogP contribution in [0.1, 0.15) is 18.1 Å². The monoisotopic (exact) mass is 422 g/mol. The molecule has 0 aromatic heterocycles. The van der Waals surface area contributed by atoms with Crippen molar-refractivity contribution >= 4 is 16.0 Å². The van der Waals surface area contributed by atoms with Crippen LogP contribution < -0.4 is 15.4 Å². The van der Waals surface area contributed by atoms with Gasteiger partial charge in [-0.3, -0.25) is 4.99 Å². The second-order valence-electron chi connectivity index (χ2n) is 6.15. The highest BCUT2D eigenvalue weighted by Crippen LogP contribution is 2.13. The van der Waals surface area contributed by atoms with Gasteiger partial charge in [0.2, 0.25) is 10.0 Å². The maximum absolute atomic E-state index is 13.3. The van der Waals surface area contributed by atoms with Crippen LogP contribution in [0.3, 0.4) is 0 Å². The van der Waals surface area contributed by atoms with Crippen molar-refractivity contribution in [2.75, 3.05) is 26.8 Å². The molecule has 158 valence electrons. The van der Waals surface area contributed by atoms with Gasteiger partial charge in [0.25, 0.3) is 0 Å². The first kappa shape index (κ1) is 22.8. The van der Waals surface area contributed by atoms with Gasteiger partial charge in [-0.25, -0.2) is 17.5 Å². The topological polar surface area (TPSA) is 91.8 Å². The molecule has 0 amide bonds. The Labute approximate surface area is 171 Å². The zero-order valence-electron chi connectivity index (χ0n) is 16.6. The third kappa shape index (κ3) is 7.80. The Kier molecular flexibility index (Phi) is 9.04. The fourth-order valence-corrected chi connectivity index (χ4v) is 3.61. The number of sulfonamides is 1. The summed E-state index contributed by atoms with van der Waals surface area (Å²) in [7, 11) is -2.06. The molecule has 0 aliphatic rings. The van der Waals surface area contributed by atoms with Crippen LogP contribution in [-0.2, 0) is 27.8 Å². The van der Waals surface area contributed by atoms with Crippen molar-refractivity contribution in [2.24, 2.45) is 4.99 Å². The van der Waals surface area contributed by atoms with Crippen LogP contribution >= 0.6 is 0 Å². The predicted molar refractivity (Wildman–Crippen MR) is 112 cm³/mol. The van der Waals surface area contributed by atoms with Crippen LogP contribution in [0.5, 0.6) is 0 Å². The summed E-state index contributed by atoms with van der Waals surface area (Å²) in [6.07, 6.45) is 0. The smallest absolute Gasteiger partial charge is 0.240 e. The van der Waals surface area contributed by atoms with E-state index in [1.54, 1.807) is 31.3 Å². The Bertz CT molecular complexity index is 919. The average molecular weight is 423 g/mol. The fourth-order valence-electron chi connectivity index (χ4n) is 2.52. The van der Waals surface area contributed by atoms with E-state index in [4.69, 9.17) is 4.74 Å². The number of aliphatic imine (C=N–C) groups is 1. The molecule has 3 N–H and O–H groups in total. The van der Waals surface area contributed by atoms with Gasteiger partial charge in [-0.1, -0.05) is 24.3 Å². The highest BCUT2D eigenvalue weighted by molar-refractivity contribution is 7.89. The average Bonchev–Trinajstić information content (AvgIpc) is 2.72. The molecule has 2 aromatic rings. The van der Waals surface area contributed by atoms with E-state index < -0.39 is 15.8 Å². The molecule has 0 fully saturated rings. The largest absolute Gasteiger partial charge is 0.380 e. The van der Waals surface area contributed by atoms with Gasteiger partial charge in [-0.15, -0.1) is 0 Å². The highest BCUT2D eigenvalue weighted by atomic mass is 32.2. The van der Waals surface area contributed by atoms with Crippen molar-refractivity contribution in [1.82, 2.24) is 15.4 Å². The summed E-state index contributed by atoms with van der Waals surface area (Å²) in [5.74, 6) is 0.195. The molecule has 0 radical (unpaired) electrons. The second-order valence-corrected chi connectivity index (χ2v) is 7.92. The Morgan fingerprint density at radius 1 is 1.07 bits per heavy atom. The van der Waals surface area contributed by atoms with E-state index in [0.29, 0.717) is 37.8 Å². The van der Waals surface area contributed by atoms with Gasteiger partial charge in [0.1, 0.15) is 5.82 Å². The summed E-state index contributed by atoms with van der Waals surface area (Å²) < 4.78 is 46.1. The normalized spacial score (nSPS) is 12.0. The van der Waals surface area contributed by atoms with Crippen LogP contribution in [0.15, 0.2) is 58.4 Å². The summed E-state index contributed by atoms with van der Waals surface area (Å²) in [5, 5.41) is 6.25. The van der Waals surface area contributed by atoms with Gasteiger partial charge >= 0.3 is 0 Å². The lowest BCUT2D eigenvalue weighted by Crippen LogP contribution is -2.38. The van der Waals surface area contributed by atoms with E-state index >= 15 is 0 Å². The molecular weight excluding hydrogens is 395 g/mol. The van der Waals surface area contributed by atoms with Gasteiger partial charge in [0, 0.05) is 33.3 Å². The summed E-state index contributed by atoms with van der Waals surface area (Å²) in [4.78, 5) is 4.27. The third-order valence-electron chi connectivity index (χ3n) is 3.99. The Hall–Kier alpha value is -2.49. The zero-order valence-corrected chi connectivity index (χ0v) is 17.4. The number of nitrogens with zero attached hydrogens (tertiary/aromatic N) is 1. The van der Waals surface area contributed by atoms with E-state index in [0.717, 1.165) is 5.56 Å². The summed E-state index contributed by atoms with van der Waals surface area (Å²) in [6, 6.07) is 12.4. The SMILES string of the molecule is CCOCCNC(=NC)NCc1cccc(S(=O)(=O)NCc2cccc(F)c2)c1. The molecule has 2 aromatic carbocycles. The Balaban J connectivity index is 1.95. The van der Waals surface area contributed by atoms with E-state index in [-0.39, 0.29) is 11.4 Å². The van der Waals surface area contributed by atoms with E-state index in [9.17, 15) is 12.8 Å². The number of hydrogen-bond acceptors (Lipinski definition) is 4. The molecule has 0 atom stereocenters. The number of benzene rings is 2. The molecule has 0 aliphatic carbocycles. The number of halogens is 1. The first-order chi connectivity index (χ1) is 13.9. The van der Waals surface area contributed by atoms with Crippen molar-refractivity contribution in [1.29, 1.82) is 0 Å². The molecule has 0 bridgehead atoms. The van der Waals surface area contributed by atoms with Crippen molar-refractivity contribution in [3.8, 4) is 0 Å². The Morgan fingerprint density at radius 2 is 1.79 bits per heavy atom. The van der Waals surface area contributed by atoms with Crippen molar-refractivity contribution in [2.45, 2.75) is 24.9 Å². The molecule has 0 saturated heterocycles. The molecule has 0 aliphatic heterocycles. The highest BCUT2D eigenvalue weighted by Gasteiger charge is 2.14. The molecule has 0 saturated carbocycles. The maximum Gasteiger partial charge on any atom is 0.240 e. The maximum atomic E-state index is 13.3. The van der Waals surface area contributed by atoms with Gasteiger partial charge in [0.15, 0.2) is 5.96 Å². The lowest BCUT2D eigenvalue weighted by Gasteiger charge is -2.13. The zero-order chi connectivity index (χ0) is 21.1. The van der Waals surface area contributed by atoms with Crippen LogP contribution in [0.4, 0.5) is 4.39 Å². The van der Waals surface area contributed by atoms with Crippen molar-refractivity contribution < 1.29 is 17.5 Å². The molecular formula is C20H27FN4O3S. The lowest BCUT2D eigenvalue weighted by atomic mass is 10.2. The molecule has 9 heteroatoms. The lowest BCUT2D eigenvalue weighted by molar-refractivity contribution is 0.152. The summed E-state index contributed by atoms with van der Waals surface area (Å²) >= 11 is 0. The number of nitrogens with one attached hydrogen (secondary N) is 3. The molecule has 0 heterocycles. The van der Waals surface area contributed by atoms with Crippen LogP contribution in [-0.4, -0.2) is 41.2 Å². The predicted octanol–water partition coefficient (Wildman–Crippen LogP) is 2.01. The summed E-state index contributed by atoms with van der Waals surface area (Å²) in [5.41, 5.74) is 1.33. The van der Waals surface area contributed by atoms with Crippen molar-refractivity contribution in [3.05, 3.63) is 65.5 Å². The van der Waals surface area contributed by atoms with Crippen molar-refractivity contribution in [3.63, 3.8) is 0 Å². The molecule has 7 nitrogen and oxygen atoms in total. The number of ether oxygens (including phenoxy) is 1. The van der Waals surface area contributed by atoms with Gasteiger partial charge in [-0.05, 0) is 42.3 Å². The molecule has 2 rings (SSSR count). The van der Waals surface area contributed by atoms with Gasteiger partial charge < -0.3 is 15.4 Å². The van der Waals surface area contributed by atoms with Gasteiger partial charge in [0.05, 0.1) is 11.5 Å². The number of rotatable bonds is 10. The standard InChI is InChI=1S/C20H27FN4O3S/c1-3-28-11-10-23-20(22-2)24-14-17-7-5-9-19(13-17)29(26,27)25-15-16-6-4-8-18(21)12-16/h4-9,12-13,25H,3,10-11,14-15H2,1-2H3,(H2,22,23,24). The second kappa shape index (κ2) is 11.5. The third-order valence-corrected chi connectivity index (χ3v) is 5.39. The van der Waals surface area contributed by atoms with Gasteiger partial charge in [-0.2, -0.15) is 0 Å². The van der Waals surface area contributed by atoms with Crippen LogP contribution in [0.25, 0.3) is 0 Å².